The highest BCUT2D eigenvalue weighted by atomic mass is 16.5. The van der Waals surface area contributed by atoms with Gasteiger partial charge in [0.25, 0.3) is 0 Å². The number of nitrogens with zero attached hydrogens (tertiary/aromatic N) is 3. The van der Waals surface area contributed by atoms with Crippen molar-refractivity contribution < 1.29 is 38.6 Å². The number of amides is 3. The second kappa shape index (κ2) is 21.1. The summed E-state index contributed by atoms with van der Waals surface area (Å²) in [5.41, 5.74) is 0. The lowest BCUT2D eigenvalue weighted by atomic mass is 9.83. The third kappa shape index (κ3) is 12.1. The van der Waals surface area contributed by atoms with Crippen LogP contribution in [0.25, 0.3) is 0 Å². The summed E-state index contributed by atoms with van der Waals surface area (Å²) in [6.45, 7) is 15.6. The molecule has 1 fully saturated rings. The number of aliphatic hydroxyl groups is 1. The number of ether oxygens (including phenoxy) is 2. The molecule has 0 aromatic heterocycles. The minimum atomic E-state index is -0.751. The van der Waals surface area contributed by atoms with Gasteiger partial charge in [0.2, 0.25) is 17.7 Å². The minimum Gasteiger partial charge on any atom is -0.396 e. The lowest BCUT2D eigenvalue weighted by molar-refractivity contribution is -0.149. The zero-order valence-corrected chi connectivity index (χ0v) is 32.7. The molecule has 0 saturated carbocycles. The quantitative estimate of drug-likeness (QED) is 0.174. The number of hydrogen-bond donors (Lipinski definition) is 2. The van der Waals surface area contributed by atoms with Gasteiger partial charge in [-0.15, -0.1) is 0 Å². The summed E-state index contributed by atoms with van der Waals surface area (Å²) in [7, 11) is 8.61. The van der Waals surface area contributed by atoms with Crippen LogP contribution >= 0.6 is 0 Å². The molecule has 1 saturated heterocycles. The van der Waals surface area contributed by atoms with Crippen LogP contribution in [0.15, 0.2) is 0 Å². The predicted octanol–water partition coefficient (Wildman–Crippen LogP) is 3.18. The number of hydrogen-bond acceptors (Lipinski definition) is 9. The van der Waals surface area contributed by atoms with E-state index in [9.17, 15) is 24.0 Å². The fourth-order valence-electron chi connectivity index (χ4n) is 7.52. The summed E-state index contributed by atoms with van der Waals surface area (Å²) in [4.78, 5) is 72.4. The maximum atomic E-state index is 14.2. The van der Waals surface area contributed by atoms with Gasteiger partial charge >= 0.3 is 0 Å². The van der Waals surface area contributed by atoms with Gasteiger partial charge in [0.1, 0.15) is 0 Å². The second-order valence-electron chi connectivity index (χ2n) is 14.9. The van der Waals surface area contributed by atoms with Crippen molar-refractivity contribution in [2.75, 3.05) is 48.5 Å². The highest BCUT2D eigenvalue weighted by Gasteiger charge is 2.43. The Labute approximate surface area is 296 Å². The van der Waals surface area contributed by atoms with Crippen molar-refractivity contribution >= 4 is 29.3 Å². The van der Waals surface area contributed by atoms with Crippen LogP contribution in [-0.4, -0.2) is 134 Å². The van der Waals surface area contributed by atoms with E-state index in [0.29, 0.717) is 13.0 Å². The molecule has 284 valence electrons. The molecular weight excluding hydrogens is 628 g/mol. The SMILES string of the molecule is CC[C@H](C)C([C@@H](CC(=O)N1CCC[C@H]1[C@H](OC)[C@@H](C)C(=O)N[C@@H](C)C(=O)CCO)OC)N(C)C(=O)[C@@H](CC(=O)[C@H](C(C)C)N(C)C)C(C)C. The van der Waals surface area contributed by atoms with E-state index < -0.39 is 36.1 Å². The summed E-state index contributed by atoms with van der Waals surface area (Å²) in [6, 6.07) is -1.81. The highest BCUT2D eigenvalue weighted by Crippen LogP contribution is 2.31. The van der Waals surface area contributed by atoms with Crippen molar-refractivity contribution in [3.05, 3.63) is 0 Å². The molecule has 0 bridgehead atoms. The van der Waals surface area contributed by atoms with E-state index in [1.54, 1.807) is 37.8 Å². The molecule has 1 unspecified atom stereocenters. The lowest BCUT2D eigenvalue weighted by Crippen LogP contribution is -2.54. The van der Waals surface area contributed by atoms with Crippen LogP contribution in [0.1, 0.15) is 93.9 Å². The molecule has 3 amide bonds. The zero-order chi connectivity index (χ0) is 37.7. The normalized spacial score (nSPS) is 20.0. The fourth-order valence-corrected chi connectivity index (χ4v) is 7.52. The second-order valence-corrected chi connectivity index (χ2v) is 14.9. The first-order valence-electron chi connectivity index (χ1n) is 18.1. The first-order valence-corrected chi connectivity index (χ1v) is 18.1. The number of rotatable bonds is 22. The van der Waals surface area contributed by atoms with Gasteiger partial charge in [0.15, 0.2) is 11.6 Å². The number of Topliss-reactive ketones (excluding diaryl/α,β-unsaturated/α-hetero) is 2. The first kappa shape index (κ1) is 44.6. The fraction of sp³-hybridized carbons (Fsp3) is 0.865. The third-order valence-electron chi connectivity index (χ3n) is 10.5. The number of carbonyl (C=O) groups excluding carboxylic acids is 5. The van der Waals surface area contributed by atoms with Crippen LogP contribution in [0, 0.1) is 29.6 Å². The Balaban J connectivity index is 3.25. The maximum absolute atomic E-state index is 14.2. The van der Waals surface area contributed by atoms with Gasteiger partial charge in [-0.1, -0.05) is 54.9 Å². The van der Waals surface area contributed by atoms with Gasteiger partial charge in [-0.2, -0.15) is 0 Å². The molecule has 0 aliphatic carbocycles. The van der Waals surface area contributed by atoms with Crippen molar-refractivity contribution in [3.63, 3.8) is 0 Å². The molecule has 9 atom stereocenters. The average molecular weight is 697 g/mol. The van der Waals surface area contributed by atoms with Crippen molar-refractivity contribution in [3.8, 4) is 0 Å². The van der Waals surface area contributed by atoms with Crippen molar-refractivity contribution in [2.24, 2.45) is 29.6 Å². The summed E-state index contributed by atoms with van der Waals surface area (Å²) in [6.07, 6.45) is 1.06. The Morgan fingerprint density at radius 1 is 0.898 bits per heavy atom. The number of likely N-dealkylation sites (N-methyl/N-ethyl adjacent to an activating group) is 2. The molecule has 0 aromatic rings. The highest BCUT2D eigenvalue weighted by molar-refractivity contribution is 5.90. The van der Waals surface area contributed by atoms with Crippen LogP contribution in [0.2, 0.25) is 0 Å². The number of nitrogens with one attached hydrogen (secondary N) is 1. The molecular formula is C37H68N4O8. The van der Waals surface area contributed by atoms with Gasteiger partial charge in [-0.3, -0.25) is 28.9 Å². The first-order chi connectivity index (χ1) is 22.9. The summed E-state index contributed by atoms with van der Waals surface area (Å²) >= 11 is 0. The topological polar surface area (TPSA) is 146 Å². The Morgan fingerprint density at radius 2 is 1.51 bits per heavy atom. The molecule has 1 heterocycles. The Kier molecular flexibility index (Phi) is 19.2. The molecule has 0 radical (unpaired) electrons. The molecule has 1 rings (SSSR count). The van der Waals surface area contributed by atoms with Gasteiger partial charge in [0, 0.05) is 46.6 Å². The van der Waals surface area contributed by atoms with Gasteiger partial charge in [-0.05, 0) is 51.6 Å². The monoisotopic (exact) mass is 697 g/mol. The average Bonchev–Trinajstić information content (AvgIpc) is 3.52. The molecule has 0 aromatic carbocycles. The molecule has 1 aliphatic heterocycles. The van der Waals surface area contributed by atoms with E-state index in [0.717, 1.165) is 12.8 Å². The number of likely N-dealkylation sites (tertiary alicyclic amines) is 1. The lowest BCUT2D eigenvalue weighted by Gasteiger charge is -2.41. The summed E-state index contributed by atoms with van der Waals surface area (Å²) < 4.78 is 11.8. The van der Waals surface area contributed by atoms with Crippen LogP contribution in [0.3, 0.4) is 0 Å². The zero-order valence-electron chi connectivity index (χ0n) is 32.7. The van der Waals surface area contributed by atoms with E-state index >= 15 is 0 Å². The number of aliphatic hydroxyl groups excluding tert-OH is 1. The van der Waals surface area contributed by atoms with E-state index in [-0.39, 0.29) is 85.0 Å². The van der Waals surface area contributed by atoms with Gasteiger partial charge < -0.3 is 29.7 Å². The number of ketones is 2. The smallest absolute Gasteiger partial charge is 0.226 e. The van der Waals surface area contributed by atoms with Crippen LogP contribution in [0.5, 0.6) is 0 Å². The van der Waals surface area contributed by atoms with Crippen molar-refractivity contribution in [2.45, 2.75) is 130 Å². The van der Waals surface area contributed by atoms with E-state index in [2.05, 4.69) is 5.32 Å². The Morgan fingerprint density at radius 3 is 1.98 bits per heavy atom. The predicted molar refractivity (Wildman–Crippen MR) is 191 cm³/mol. The summed E-state index contributed by atoms with van der Waals surface area (Å²) in [5, 5.41) is 11.8. The standard InChI is InChI=1S/C37H68N4O8/c1-14-24(6)34(40(11)37(47)27(22(2)3)20-30(44)33(23(4)5)39(9)10)31(48-12)21-32(45)41-18-15-16-28(41)35(49-13)25(7)36(46)38-26(8)29(43)17-19-42/h22-28,31,33-35,42H,14-21H2,1-13H3,(H,38,46)/t24-,25+,26-,27-,28-,31+,33-,34?,35+/m0/s1. The summed E-state index contributed by atoms with van der Waals surface area (Å²) in [5.74, 6) is -1.99. The third-order valence-corrected chi connectivity index (χ3v) is 10.5. The van der Waals surface area contributed by atoms with Crippen LogP contribution in [0.4, 0.5) is 0 Å². The molecule has 49 heavy (non-hydrogen) atoms. The minimum absolute atomic E-state index is 0.000696. The number of methoxy groups -OCH3 is 2. The maximum Gasteiger partial charge on any atom is 0.226 e. The Hall–Kier alpha value is -2.41. The molecule has 0 spiro atoms. The van der Waals surface area contributed by atoms with Gasteiger partial charge in [-0.25, -0.2) is 0 Å². The molecule has 2 N–H and O–H groups in total. The van der Waals surface area contributed by atoms with Crippen LogP contribution < -0.4 is 5.32 Å². The largest absolute Gasteiger partial charge is 0.396 e. The molecule has 1 aliphatic rings. The van der Waals surface area contributed by atoms with E-state index in [1.807, 2.05) is 60.5 Å². The Bertz CT molecular complexity index is 1070. The van der Waals surface area contributed by atoms with Crippen molar-refractivity contribution in [1.29, 1.82) is 0 Å². The number of carbonyl (C=O) groups is 5. The molecule has 12 heteroatoms. The van der Waals surface area contributed by atoms with E-state index in [4.69, 9.17) is 14.6 Å². The van der Waals surface area contributed by atoms with E-state index in [1.165, 1.54) is 7.11 Å². The van der Waals surface area contributed by atoms with Crippen molar-refractivity contribution in [1.82, 2.24) is 20.0 Å². The van der Waals surface area contributed by atoms with Crippen LogP contribution in [-0.2, 0) is 33.4 Å². The van der Waals surface area contributed by atoms with Gasteiger partial charge in [0.05, 0.1) is 55.3 Å². The molecule has 12 nitrogen and oxygen atoms in total.